The van der Waals surface area contributed by atoms with E-state index < -0.39 is 0 Å². The van der Waals surface area contributed by atoms with Crippen molar-refractivity contribution in [1.82, 2.24) is 5.32 Å². The van der Waals surface area contributed by atoms with Gasteiger partial charge in [0.05, 0.1) is 18.2 Å². The average molecular weight is 308 g/mol. The SMILES string of the molecule is COc1cccc2sc(C(=O)NCCCCCO)c(N)c12. The third kappa shape index (κ3) is 3.46. The first-order chi connectivity index (χ1) is 10.2. The molecule has 0 saturated carbocycles. The van der Waals surface area contributed by atoms with Crippen molar-refractivity contribution in [3.8, 4) is 5.75 Å². The zero-order chi connectivity index (χ0) is 15.2. The molecule has 0 saturated heterocycles. The third-order valence-electron chi connectivity index (χ3n) is 3.26. The van der Waals surface area contributed by atoms with Crippen molar-refractivity contribution >= 4 is 33.0 Å². The fourth-order valence-corrected chi connectivity index (χ4v) is 3.23. The Balaban J connectivity index is 2.11. The van der Waals surface area contributed by atoms with E-state index in [1.54, 1.807) is 7.11 Å². The van der Waals surface area contributed by atoms with E-state index in [1.165, 1.54) is 11.3 Å². The van der Waals surface area contributed by atoms with Crippen LogP contribution in [-0.2, 0) is 0 Å². The van der Waals surface area contributed by atoms with E-state index in [1.807, 2.05) is 18.2 Å². The fraction of sp³-hybridized carbons (Fsp3) is 0.400. The van der Waals surface area contributed by atoms with Gasteiger partial charge in [0.2, 0.25) is 0 Å². The Kier molecular flexibility index (Phi) is 5.41. The predicted molar refractivity (Wildman–Crippen MR) is 86.1 cm³/mol. The van der Waals surface area contributed by atoms with Crippen molar-refractivity contribution in [2.45, 2.75) is 19.3 Å². The molecule has 0 aliphatic rings. The number of anilines is 1. The standard InChI is InChI=1S/C15H20N2O3S/c1-20-10-6-5-7-11-12(10)13(16)14(21-11)15(19)17-8-3-2-4-9-18/h5-7,18H,2-4,8-9,16H2,1H3,(H,17,19). The van der Waals surface area contributed by atoms with Crippen LogP contribution >= 0.6 is 11.3 Å². The van der Waals surface area contributed by atoms with Gasteiger partial charge in [-0.15, -0.1) is 11.3 Å². The first-order valence-electron chi connectivity index (χ1n) is 6.93. The molecule has 0 radical (unpaired) electrons. The molecule has 5 nitrogen and oxygen atoms in total. The predicted octanol–water partition coefficient (Wildman–Crippen LogP) is 2.38. The van der Waals surface area contributed by atoms with Crippen LogP contribution in [0.1, 0.15) is 28.9 Å². The summed E-state index contributed by atoms with van der Waals surface area (Å²) in [6.07, 6.45) is 2.50. The lowest BCUT2D eigenvalue weighted by molar-refractivity contribution is 0.0958. The lowest BCUT2D eigenvalue weighted by Crippen LogP contribution is -2.24. The van der Waals surface area contributed by atoms with E-state index >= 15 is 0 Å². The van der Waals surface area contributed by atoms with E-state index in [9.17, 15) is 4.79 Å². The van der Waals surface area contributed by atoms with E-state index in [4.69, 9.17) is 15.6 Å². The van der Waals surface area contributed by atoms with Gasteiger partial charge in [0.15, 0.2) is 0 Å². The summed E-state index contributed by atoms with van der Waals surface area (Å²) in [5, 5.41) is 12.4. The van der Waals surface area contributed by atoms with Crippen LogP contribution in [0.2, 0.25) is 0 Å². The van der Waals surface area contributed by atoms with Crippen molar-refractivity contribution in [1.29, 1.82) is 0 Å². The number of hydrogen-bond acceptors (Lipinski definition) is 5. The van der Waals surface area contributed by atoms with Gasteiger partial charge >= 0.3 is 0 Å². The van der Waals surface area contributed by atoms with Gasteiger partial charge in [-0.05, 0) is 31.4 Å². The number of carbonyl (C=O) groups is 1. The second-order valence-electron chi connectivity index (χ2n) is 4.72. The maximum absolute atomic E-state index is 12.2. The molecule has 114 valence electrons. The molecule has 0 bridgehead atoms. The van der Waals surface area contributed by atoms with E-state index in [0.717, 1.165) is 29.3 Å². The lowest BCUT2D eigenvalue weighted by atomic mass is 10.2. The Morgan fingerprint density at radius 2 is 2.19 bits per heavy atom. The summed E-state index contributed by atoms with van der Waals surface area (Å²) in [4.78, 5) is 12.7. The summed E-state index contributed by atoms with van der Waals surface area (Å²) in [5.74, 6) is 0.531. The van der Waals surface area contributed by atoms with E-state index in [0.29, 0.717) is 22.9 Å². The molecule has 0 fully saturated rings. The van der Waals surface area contributed by atoms with E-state index in [-0.39, 0.29) is 12.5 Å². The number of methoxy groups -OCH3 is 1. The molecule has 1 aromatic heterocycles. The molecule has 0 spiro atoms. The van der Waals surface area contributed by atoms with Crippen molar-refractivity contribution in [3.05, 3.63) is 23.1 Å². The van der Waals surface area contributed by atoms with Gasteiger partial charge in [0.25, 0.3) is 5.91 Å². The number of fused-ring (bicyclic) bond motifs is 1. The van der Waals surface area contributed by atoms with Crippen molar-refractivity contribution < 1.29 is 14.6 Å². The summed E-state index contributed by atoms with van der Waals surface area (Å²) in [7, 11) is 1.59. The highest BCUT2D eigenvalue weighted by Gasteiger charge is 2.18. The molecular weight excluding hydrogens is 288 g/mol. The second kappa shape index (κ2) is 7.28. The Morgan fingerprint density at radius 1 is 1.38 bits per heavy atom. The first-order valence-corrected chi connectivity index (χ1v) is 7.74. The van der Waals surface area contributed by atoms with Gasteiger partial charge in [-0.25, -0.2) is 0 Å². The van der Waals surface area contributed by atoms with E-state index in [2.05, 4.69) is 5.32 Å². The molecule has 6 heteroatoms. The van der Waals surface area contributed by atoms with Crippen molar-refractivity contribution in [2.75, 3.05) is 26.0 Å². The minimum absolute atomic E-state index is 0.153. The van der Waals surface area contributed by atoms with Crippen LogP contribution in [0.5, 0.6) is 5.75 Å². The largest absolute Gasteiger partial charge is 0.496 e. The average Bonchev–Trinajstić information content (AvgIpc) is 2.84. The molecule has 2 rings (SSSR count). The summed E-state index contributed by atoms with van der Waals surface area (Å²) >= 11 is 1.37. The van der Waals surface area contributed by atoms with Gasteiger partial charge in [0.1, 0.15) is 10.6 Å². The molecule has 21 heavy (non-hydrogen) atoms. The summed E-state index contributed by atoms with van der Waals surface area (Å²) < 4.78 is 6.24. The Labute approximate surface area is 127 Å². The highest BCUT2D eigenvalue weighted by atomic mass is 32.1. The Hall–Kier alpha value is -1.79. The number of benzene rings is 1. The number of nitrogens with one attached hydrogen (secondary N) is 1. The fourth-order valence-electron chi connectivity index (χ4n) is 2.17. The maximum Gasteiger partial charge on any atom is 0.263 e. The van der Waals surface area contributed by atoms with Gasteiger partial charge < -0.3 is 20.9 Å². The van der Waals surface area contributed by atoms with Gasteiger partial charge in [-0.2, -0.15) is 0 Å². The summed E-state index contributed by atoms with van der Waals surface area (Å²) in [6, 6.07) is 5.65. The topological polar surface area (TPSA) is 84.6 Å². The maximum atomic E-state index is 12.2. The second-order valence-corrected chi connectivity index (χ2v) is 5.77. The van der Waals surface area contributed by atoms with Crippen LogP contribution in [0.15, 0.2) is 18.2 Å². The number of amides is 1. The monoisotopic (exact) mass is 308 g/mol. The molecule has 0 aliphatic carbocycles. The molecule has 1 aromatic carbocycles. The third-order valence-corrected chi connectivity index (χ3v) is 4.43. The highest BCUT2D eigenvalue weighted by Crippen LogP contribution is 2.39. The van der Waals surface area contributed by atoms with Gasteiger partial charge in [-0.3, -0.25) is 4.79 Å². The number of nitrogens with two attached hydrogens (primary N) is 1. The smallest absolute Gasteiger partial charge is 0.263 e. The quantitative estimate of drug-likeness (QED) is 0.686. The number of carbonyl (C=O) groups excluding carboxylic acids is 1. The number of thiophene rings is 1. The number of aliphatic hydroxyl groups is 1. The molecule has 1 heterocycles. The van der Waals surface area contributed by atoms with Crippen LogP contribution in [-0.4, -0.2) is 31.3 Å². The Morgan fingerprint density at radius 3 is 2.90 bits per heavy atom. The van der Waals surface area contributed by atoms with Crippen LogP contribution < -0.4 is 15.8 Å². The number of hydrogen-bond donors (Lipinski definition) is 3. The summed E-state index contributed by atoms with van der Waals surface area (Å²) in [6.45, 7) is 0.778. The molecule has 0 unspecified atom stereocenters. The van der Waals surface area contributed by atoms with Gasteiger partial charge in [0, 0.05) is 17.9 Å². The van der Waals surface area contributed by atoms with Crippen LogP contribution in [0.25, 0.3) is 10.1 Å². The van der Waals surface area contributed by atoms with Crippen molar-refractivity contribution in [3.63, 3.8) is 0 Å². The highest BCUT2D eigenvalue weighted by molar-refractivity contribution is 7.21. The molecule has 0 atom stereocenters. The van der Waals surface area contributed by atoms with Gasteiger partial charge in [-0.1, -0.05) is 6.07 Å². The first kappa shape index (κ1) is 15.6. The van der Waals surface area contributed by atoms with Crippen LogP contribution in [0.3, 0.4) is 0 Å². The zero-order valence-corrected chi connectivity index (χ0v) is 12.8. The van der Waals surface area contributed by atoms with Crippen LogP contribution in [0.4, 0.5) is 5.69 Å². The number of unbranched alkanes of at least 4 members (excludes halogenated alkanes) is 2. The van der Waals surface area contributed by atoms with Crippen molar-refractivity contribution in [2.24, 2.45) is 0 Å². The Bertz CT molecular complexity index is 625. The zero-order valence-electron chi connectivity index (χ0n) is 12.0. The molecular formula is C15H20N2O3S. The number of ether oxygens (including phenoxy) is 1. The normalized spacial score (nSPS) is 10.8. The lowest BCUT2D eigenvalue weighted by Gasteiger charge is -2.04. The minimum Gasteiger partial charge on any atom is -0.496 e. The minimum atomic E-state index is -0.153. The molecule has 4 N–H and O–H groups in total. The molecule has 2 aromatic rings. The number of nitrogen functional groups attached to an aromatic ring is 1. The molecule has 0 aliphatic heterocycles. The summed E-state index contributed by atoms with van der Waals surface area (Å²) in [5.41, 5.74) is 6.58. The number of aliphatic hydroxyl groups excluding tert-OH is 1. The van der Waals surface area contributed by atoms with Crippen LogP contribution in [0, 0.1) is 0 Å². The molecule has 1 amide bonds. The number of rotatable bonds is 7.